The molecule has 0 atom stereocenters. The van der Waals surface area contributed by atoms with E-state index >= 15 is 0 Å². The molecule has 0 amide bonds. The minimum atomic E-state index is -0.561. The second-order valence-corrected chi connectivity index (χ2v) is 4.86. The van der Waals surface area contributed by atoms with Crippen LogP contribution in [0.2, 0.25) is 0 Å². The molecule has 4 heteroatoms. The summed E-state index contributed by atoms with van der Waals surface area (Å²) in [7, 11) is 0. The summed E-state index contributed by atoms with van der Waals surface area (Å²) in [5.41, 5.74) is 6.12. The van der Waals surface area contributed by atoms with Gasteiger partial charge < -0.3 is 10.5 Å². The highest BCUT2D eigenvalue weighted by Crippen LogP contribution is 2.18. The zero-order valence-corrected chi connectivity index (χ0v) is 10.5. The molecule has 0 aliphatic rings. The summed E-state index contributed by atoms with van der Waals surface area (Å²) in [5, 5.41) is 0. The minimum Gasteiger partial charge on any atom is -0.456 e. The number of hydrogen-bond acceptors (Lipinski definition) is 4. The molecule has 4 nitrogen and oxygen atoms in total. The lowest BCUT2D eigenvalue weighted by molar-refractivity contribution is 0.00696. The number of esters is 1. The molecule has 0 radical (unpaired) electrons. The predicted octanol–water partition coefficient (Wildman–Crippen LogP) is 2.43. The molecule has 92 valence electrons. The molecular formula is C13H17NO3. The molecule has 1 rings (SSSR count). The number of carbonyl (C=O) groups excluding carboxylic acids is 2. The van der Waals surface area contributed by atoms with Gasteiger partial charge in [0.05, 0.1) is 5.56 Å². The third kappa shape index (κ3) is 3.59. The Balaban J connectivity index is 3.04. The quantitative estimate of drug-likeness (QED) is 0.485. The van der Waals surface area contributed by atoms with E-state index in [1.165, 1.54) is 19.1 Å². The number of nitrogen functional groups attached to an aromatic ring is 1. The summed E-state index contributed by atoms with van der Waals surface area (Å²) in [6.07, 6.45) is 0. The summed E-state index contributed by atoms with van der Waals surface area (Å²) in [4.78, 5) is 23.1. The van der Waals surface area contributed by atoms with Crippen LogP contribution >= 0.6 is 0 Å². The summed E-state index contributed by atoms with van der Waals surface area (Å²) in [6, 6.07) is 4.55. The third-order valence-electron chi connectivity index (χ3n) is 2.07. The maximum Gasteiger partial charge on any atom is 0.338 e. The van der Waals surface area contributed by atoms with Crippen molar-refractivity contribution in [2.45, 2.75) is 33.3 Å². The Morgan fingerprint density at radius 1 is 1.24 bits per heavy atom. The van der Waals surface area contributed by atoms with Crippen LogP contribution < -0.4 is 5.73 Å². The zero-order valence-electron chi connectivity index (χ0n) is 10.5. The fraction of sp³-hybridized carbons (Fsp3) is 0.385. The van der Waals surface area contributed by atoms with Crippen molar-refractivity contribution in [3.8, 4) is 0 Å². The van der Waals surface area contributed by atoms with E-state index in [0.29, 0.717) is 16.8 Å². The average Bonchev–Trinajstić information content (AvgIpc) is 2.14. The van der Waals surface area contributed by atoms with Crippen molar-refractivity contribution in [1.82, 2.24) is 0 Å². The SMILES string of the molecule is CC(=O)c1cc(C(=O)OC(C)(C)C)ccc1N. The largest absolute Gasteiger partial charge is 0.456 e. The van der Waals surface area contributed by atoms with Crippen LogP contribution in [0, 0.1) is 0 Å². The lowest BCUT2D eigenvalue weighted by Gasteiger charge is -2.19. The minimum absolute atomic E-state index is 0.173. The number of benzene rings is 1. The topological polar surface area (TPSA) is 69.4 Å². The van der Waals surface area contributed by atoms with Gasteiger partial charge in [-0.3, -0.25) is 4.79 Å². The number of anilines is 1. The van der Waals surface area contributed by atoms with Crippen molar-refractivity contribution in [2.24, 2.45) is 0 Å². The van der Waals surface area contributed by atoms with Crippen molar-refractivity contribution in [3.05, 3.63) is 29.3 Å². The van der Waals surface area contributed by atoms with E-state index in [1.807, 2.05) is 0 Å². The molecule has 0 aliphatic carbocycles. The van der Waals surface area contributed by atoms with Crippen LogP contribution in [-0.4, -0.2) is 17.4 Å². The van der Waals surface area contributed by atoms with Gasteiger partial charge >= 0.3 is 5.97 Å². The number of Topliss-reactive ketones (excluding diaryl/α,β-unsaturated/α-hetero) is 1. The van der Waals surface area contributed by atoms with Gasteiger partial charge in [-0.05, 0) is 45.9 Å². The van der Waals surface area contributed by atoms with Crippen molar-refractivity contribution >= 4 is 17.4 Å². The lowest BCUT2D eigenvalue weighted by atomic mass is 10.1. The molecule has 0 unspecified atom stereocenters. The molecular weight excluding hydrogens is 218 g/mol. The second kappa shape index (κ2) is 4.57. The normalized spacial score (nSPS) is 11.1. The molecule has 0 spiro atoms. The Kier molecular flexibility index (Phi) is 3.56. The van der Waals surface area contributed by atoms with Gasteiger partial charge in [-0.2, -0.15) is 0 Å². The number of carbonyl (C=O) groups is 2. The molecule has 0 bridgehead atoms. The van der Waals surface area contributed by atoms with E-state index in [9.17, 15) is 9.59 Å². The van der Waals surface area contributed by atoms with Crippen molar-refractivity contribution < 1.29 is 14.3 Å². The number of hydrogen-bond donors (Lipinski definition) is 1. The van der Waals surface area contributed by atoms with Crippen molar-refractivity contribution in [1.29, 1.82) is 0 Å². The Bertz CT molecular complexity index is 458. The van der Waals surface area contributed by atoms with Gasteiger partial charge in [0, 0.05) is 11.3 Å². The van der Waals surface area contributed by atoms with Crippen LogP contribution in [0.1, 0.15) is 48.4 Å². The van der Waals surface area contributed by atoms with Crippen LogP contribution in [-0.2, 0) is 4.74 Å². The molecule has 1 aromatic rings. The van der Waals surface area contributed by atoms with E-state index in [1.54, 1.807) is 26.8 Å². The van der Waals surface area contributed by atoms with Crippen molar-refractivity contribution in [3.63, 3.8) is 0 Å². The smallest absolute Gasteiger partial charge is 0.338 e. The van der Waals surface area contributed by atoms with Crippen LogP contribution in [0.4, 0.5) is 5.69 Å². The Morgan fingerprint density at radius 3 is 2.29 bits per heavy atom. The van der Waals surface area contributed by atoms with Crippen LogP contribution in [0.5, 0.6) is 0 Å². The van der Waals surface area contributed by atoms with E-state index in [2.05, 4.69) is 0 Å². The highest BCUT2D eigenvalue weighted by molar-refractivity contribution is 6.02. The third-order valence-corrected chi connectivity index (χ3v) is 2.07. The van der Waals surface area contributed by atoms with E-state index in [4.69, 9.17) is 10.5 Å². The standard InChI is InChI=1S/C13H17NO3/c1-8(15)10-7-9(5-6-11(10)14)12(16)17-13(2,3)4/h5-7H,14H2,1-4H3. The molecule has 0 fully saturated rings. The van der Waals surface area contributed by atoms with E-state index < -0.39 is 11.6 Å². The summed E-state index contributed by atoms with van der Waals surface area (Å²) in [5.74, 6) is -0.632. The van der Waals surface area contributed by atoms with E-state index in [0.717, 1.165) is 0 Å². The van der Waals surface area contributed by atoms with Crippen LogP contribution in [0.15, 0.2) is 18.2 Å². The fourth-order valence-electron chi connectivity index (χ4n) is 1.33. The molecule has 0 aliphatic heterocycles. The summed E-state index contributed by atoms with van der Waals surface area (Å²) < 4.78 is 5.21. The first-order chi connectivity index (χ1) is 7.70. The lowest BCUT2D eigenvalue weighted by Crippen LogP contribution is -2.24. The first-order valence-corrected chi connectivity index (χ1v) is 5.34. The maximum absolute atomic E-state index is 11.8. The molecule has 0 saturated carbocycles. The first kappa shape index (κ1) is 13.2. The van der Waals surface area contributed by atoms with Gasteiger partial charge in [-0.1, -0.05) is 0 Å². The maximum atomic E-state index is 11.8. The number of rotatable bonds is 2. The first-order valence-electron chi connectivity index (χ1n) is 5.34. The highest BCUT2D eigenvalue weighted by atomic mass is 16.6. The Hall–Kier alpha value is -1.84. The Labute approximate surface area is 101 Å². The number of nitrogens with two attached hydrogens (primary N) is 1. The summed E-state index contributed by atoms with van der Waals surface area (Å²) in [6.45, 7) is 6.76. The zero-order chi connectivity index (χ0) is 13.2. The predicted molar refractivity (Wildman–Crippen MR) is 66.0 cm³/mol. The van der Waals surface area contributed by atoms with Crippen LogP contribution in [0.25, 0.3) is 0 Å². The molecule has 2 N–H and O–H groups in total. The van der Waals surface area contributed by atoms with Gasteiger partial charge in [0.1, 0.15) is 5.60 Å². The Morgan fingerprint density at radius 2 is 1.82 bits per heavy atom. The van der Waals surface area contributed by atoms with Gasteiger partial charge in [0.15, 0.2) is 5.78 Å². The fourth-order valence-corrected chi connectivity index (χ4v) is 1.33. The molecule has 17 heavy (non-hydrogen) atoms. The second-order valence-electron chi connectivity index (χ2n) is 4.86. The van der Waals surface area contributed by atoms with Gasteiger partial charge in [0.2, 0.25) is 0 Å². The van der Waals surface area contributed by atoms with Gasteiger partial charge in [-0.25, -0.2) is 4.79 Å². The van der Waals surface area contributed by atoms with E-state index in [-0.39, 0.29) is 5.78 Å². The van der Waals surface area contributed by atoms with Gasteiger partial charge in [-0.15, -0.1) is 0 Å². The monoisotopic (exact) mass is 235 g/mol. The molecule has 0 heterocycles. The van der Waals surface area contributed by atoms with Gasteiger partial charge in [0.25, 0.3) is 0 Å². The van der Waals surface area contributed by atoms with Crippen LogP contribution in [0.3, 0.4) is 0 Å². The summed E-state index contributed by atoms with van der Waals surface area (Å²) >= 11 is 0. The number of ketones is 1. The molecule has 0 saturated heterocycles. The highest BCUT2D eigenvalue weighted by Gasteiger charge is 2.19. The van der Waals surface area contributed by atoms with Crippen molar-refractivity contribution in [2.75, 3.05) is 5.73 Å². The number of ether oxygens (including phenoxy) is 1. The molecule has 1 aromatic carbocycles. The average molecular weight is 235 g/mol. The molecule has 0 aromatic heterocycles.